The van der Waals surface area contributed by atoms with Gasteiger partial charge in [-0.3, -0.25) is 9.59 Å². The molecule has 4 heterocycles. The standard InChI is InChI=1S/C17H21N5O2/c1-20-11-13(10-16(20)23)17(24)21-7-3-12(4-8-21)14-5-9-22-15(19-14)2-6-18-22/h2,5-6,9,12-13H,3-4,7-8,10-11H2,1H3/t13-/m1/s1. The van der Waals surface area contributed by atoms with Gasteiger partial charge in [-0.15, -0.1) is 0 Å². The van der Waals surface area contributed by atoms with Gasteiger partial charge in [0.2, 0.25) is 11.8 Å². The first kappa shape index (κ1) is 15.1. The Labute approximate surface area is 140 Å². The number of carbonyl (C=O) groups is 2. The third-order valence-electron chi connectivity index (χ3n) is 5.19. The molecule has 2 fully saturated rings. The zero-order valence-electron chi connectivity index (χ0n) is 13.8. The number of likely N-dealkylation sites (tertiary alicyclic amines) is 2. The highest BCUT2D eigenvalue weighted by atomic mass is 16.2. The lowest BCUT2D eigenvalue weighted by molar-refractivity contribution is -0.136. The molecule has 2 aromatic rings. The first-order valence-corrected chi connectivity index (χ1v) is 8.45. The van der Waals surface area contributed by atoms with Crippen LogP contribution in [0.15, 0.2) is 24.5 Å². The van der Waals surface area contributed by atoms with Crippen molar-refractivity contribution in [1.82, 2.24) is 24.4 Å². The van der Waals surface area contributed by atoms with Crippen LogP contribution in [0.2, 0.25) is 0 Å². The lowest BCUT2D eigenvalue weighted by Gasteiger charge is -2.33. The highest BCUT2D eigenvalue weighted by Gasteiger charge is 2.36. The van der Waals surface area contributed by atoms with Crippen LogP contribution in [0, 0.1) is 5.92 Å². The van der Waals surface area contributed by atoms with E-state index in [1.165, 1.54) is 0 Å². The van der Waals surface area contributed by atoms with Crippen molar-refractivity contribution in [2.75, 3.05) is 26.7 Å². The molecule has 24 heavy (non-hydrogen) atoms. The fourth-order valence-corrected chi connectivity index (χ4v) is 3.74. The predicted molar refractivity (Wildman–Crippen MR) is 87.3 cm³/mol. The van der Waals surface area contributed by atoms with Crippen LogP contribution < -0.4 is 0 Å². The number of fused-ring (bicyclic) bond motifs is 1. The summed E-state index contributed by atoms with van der Waals surface area (Å²) >= 11 is 0. The summed E-state index contributed by atoms with van der Waals surface area (Å²) in [6, 6.07) is 3.92. The van der Waals surface area contributed by atoms with Gasteiger partial charge in [0.1, 0.15) is 0 Å². The van der Waals surface area contributed by atoms with E-state index < -0.39 is 0 Å². The van der Waals surface area contributed by atoms with E-state index in [1.807, 2.05) is 23.2 Å². The van der Waals surface area contributed by atoms with Gasteiger partial charge < -0.3 is 9.80 Å². The van der Waals surface area contributed by atoms with Crippen LogP contribution in [0.25, 0.3) is 5.65 Å². The van der Waals surface area contributed by atoms with E-state index in [0.717, 1.165) is 37.3 Å². The zero-order valence-corrected chi connectivity index (χ0v) is 13.8. The molecule has 7 nitrogen and oxygen atoms in total. The van der Waals surface area contributed by atoms with Crippen LogP contribution in [-0.4, -0.2) is 62.9 Å². The molecule has 4 rings (SSSR count). The van der Waals surface area contributed by atoms with Crippen molar-refractivity contribution in [3.05, 3.63) is 30.2 Å². The number of hydrogen-bond acceptors (Lipinski definition) is 4. The van der Waals surface area contributed by atoms with Crippen LogP contribution in [0.1, 0.15) is 30.9 Å². The molecular weight excluding hydrogens is 306 g/mol. The SMILES string of the molecule is CN1C[C@H](C(=O)N2CCC(c3ccn4nccc4n3)CC2)CC1=O. The minimum absolute atomic E-state index is 0.0709. The molecule has 0 aromatic carbocycles. The number of hydrogen-bond donors (Lipinski definition) is 0. The summed E-state index contributed by atoms with van der Waals surface area (Å²) < 4.78 is 1.76. The smallest absolute Gasteiger partial charge is 0.227 e. The lowest BCUT2D eigenvalue weighted by atomic mass is 9.92. The van der Waals surface area contributed by atoms with E-state index in [9.17, 15) is 9.59 Å². The number of amides is 2. The van der Waals surface area contributed by atoms with Crippen LogP contribution in [0.5, 0.6) is 0 Å². The fraction of sp³-hybridized carbons (Fsp3) is 0.529. The average molecular weight is 327 g/mol. The van der Waals surface area contributed by atoms with Crippen molar-refractivity contribution in [3.8, 4) is 0 Å². The van der Waals surface area contributed by atoms with Gasteiger partial charge in [0.25, 0.3) is 0 Å². The Morgan fingerprint density at radius 2 is 2.04 bits per heavy atom. The highest BCUT2D eigenvalue weighted by molar-refractivity contribution is 5.89. The molecule has 0 spiro atoms. The Hall–Kier alpha value is -2.44. The molecule has 2 amide bonds. The van der Waals surface area contributed by atoms with Gasteiger partial charge in [-0.1, -0.05) is 0 Å². The summed E-state index contributed by atoms with van der Waals surface area (Å²) in [5.41, 5.74) is 1.93. The maximum atomic E-state index is 12.6. The minimum atomic E-state index is -0.166. The second-order valence-corrected chi connectivity index (χ2v) is 6.76. The summed E-state index contributed by atoms with van der Waals surface area (Å²) in [7, 11) is 1.76. The normalized spacial score (nSPS) is 22.5. The zero-order chi connectivity index (χ0) is 16.7. The molecule has 1 atom stereocenters. The molecule has 2 aliphatic rings. The number of nitrogens with zero attached hydrogens (tertiary/aromatic N) is 5. The van der Waals surface area contributed by atoms with Crippen LogP contribution in [-0.2, 0) is 9.59 Å². The number of piperidine rings is 1. The highest BCUT2D eigenvalue weighted by Crippen LogP contribution is 2.29. The van der Waals surface area contributed by atoms with Gasteiger partial charge in [0, 0.05) is 57.0 Å². The molecular formula is C17H21N5O2. The largest absolute Gasteiger partial charge is 0.345 e. The molecule has 2 saturated heterocycles. The Morgan fingerprint density at radius 3 is 2.75 bits per heavy atom. The monoisotopic (exact) mass is 327 g/mol. The van der Waals surface area contributed by atoms with E-state index in [4.69, 9.17) is 0 Å². The van der Waals surface area contributed by atoms with Crippen molar-refractivity contribution in [3.63, 3.8) is 0 Å². The summed E-state index contributed by atoms with van der Waals surface area (Å²) in [4.78, 5) is 32.5. The van der Waals surface area contributed by atoms with Crippen molar-refractivity contribution >= 4 is 17.5 Å². The minimum Gasteiger partial charge on any atom is -0.345 e. The van der Waals surface area contributed by atoms with Gasteiger partial charge in [-0.05, 0) is 18.9 Å². The van der Waals surface area contributed by atoms with Crippen molar-refractivity contribution in [2.24, 2.45) is 5.92 Å². The second-order valence-electron chi connectivity index (χ2n) is 6.76. The summed E-state index contributed by atoms with van der Waals surface area (Å²) in [5, 5.41) is 4.17. The first-order valence-electron chi connectivity index (χ1n) is 8.45. The van der Waals surface area contributed by atoms with Crippen molar-refractivity contribution in [2.45, 2.75) is 25.2 Å². The number of aromatic nitrogens is 3. The molecule has 0 saturated carbocycles. The van der Waals surface area contributed by atoms with E-state index in [0.29, 0.717) is 18.9 Å². The summed E-state index contributed by atoms with van der Waals surface area (Å²) in [6.45, 7) is 2.03. The summed E-state index contributed by atoms with van der Waals surface area (Å²) in [5.74, 6) is 0.411. The third kappa shape index (κ3) is 2.64. The van der Waals surface area contributed by atoms with Gasteiger partial charge in [0.15, 0.2) is 5.65 Å². The van der Waals surface area contributed by atoms with Crippen LogP contribution in [0.3, 0.4) is 0 Å². The van der Waals surface area contributed by atoms with Gasteiger partial charge in [-0.2, -0.15) is 5.10 Å². The van der Waals surface area contributed by atoms with Crippen LogP contribution in [0.4, 0.5) is 0 Å². The van der Waals surface area contributed by atoms with Crippen molar-refractivity contribution < 1.29 is 9.59 Å². The molecule has 2 aliphatic heterocycles. The van der Waals surface area contributed by atoms with E-state index >= 15 is 0 Å². The Balaban J connectivity index is 1.39. The first-order chi connectivity index (χ1) is 11.6. The molecule has 0 aliphatic carbocycles. The molecule has 0 unspecified atom stereocenters. The summed E-state index contributed by atoms with van der Waals surface area (Å²) in [6.07, 6.45) is 5.87. The third-order valence-corrected chi connectivity index (χ3v) is 5.19. The topological polar surface area (TPSA) is 70.8 Å². The molecule has 7 heteroatoms. The number of rotatable bonds is 2. The van der Waals surface area contributed by atoms with E-state index in [-0.39, 0.29) is 17.7 Å². The fourth-order valence-electron chi connectivity index (χ4n) is 3.74. The molecule has 126 valence electrons. The van der Waals surface area contributed by atoms with Crippen molar-refractivity contribution in [1.29, 1.82) is 0 Å². The quantitative estimate of drug-likeness (QED) is 0.822. The van der Waals surface area contributed by atoms with Gasteiger partial charge >= 0.3 is 0 Å². The lowest BCUT2D eigenvalue weighted by Crippen LogP contribution is -2.42. The van der Waals surface area contributed by atoms with Gasteiger partial charge in [0.05, 0.1) is 12.1 Å². The Bertz CT molecular complexity index is 778. The Kier molecular flexibility index (Phi) is 3.70. The predicted octanol–water partition coefficient (Wildman–Crippen LogP) is 0.914. The second kappa shape index (κ2) is 5.89. The van der Waals surface area contributed by atoms with Crippen LogP contribution >= 0.6 is 0 Å². The molecule has 2 aromatic heterocycles. The number of carbonyl (C=O) groups excluding carboxylic acids is 2. The molecule has 0 N–H and O–H groups in total. The van der Waals surface area contributed by atoms with E-state index in [1.54, 1.807) is 22.7 Å². The Morgan fingerprint density at radius 1 is 1.25 bits per heavy atom. The maximum absolute atomic E-state index is 12.6. The van der Waals surface area contributed by atoms with E-state index in [2.05, 4.69) is 10.1 Å². The van der Waals surface area contributed by atoms with Gasteiger partial charge in [-0.25, -0.2) is 9.50 Å². The molecule has 0 bridgehead atoms. The average Bonchev–Trinajstić information content (AvgIpc) is 3.20. The molecule has 0 radical (unpaired) electrons. The maximum Gasteiger partial charge on any atom is 0.227 e.